The Kier molecular flexibility index (Phi) is 9.04. The van der Waals surface area contributed by atoms with Crippen molar-refractivity contribution in [3.63, 3.8) is 0 Å². The number of hydrogen-bond donors (Lipinski definition) is 2. The highest BCUT2D eigenvalue weighted by Gasteiger charge is 2.38. The van der Waals surface area contributed by atoms with Crippen molar-refractivity contribution in [2.75, 3.05) is 27.3 Å². The van der Waals surface area contributed by atoms with Crippen LogP contribution in [0.1, 0.15) is 51.4 Å². The molecule has 2 fully saturated rings. The molecule has 0 aromatic rings. The van der Waals surface area contributed by atoms with E-state index in [2.05, 4.69) is 0 Å². The smallest absolute Gasteiger partial charge is 0.326 e. The van der Waals surface area contributed by atoms with Crippen LogP contribution in [0.5, 0.6) is 0 Å². The molecular weight excluding hydrogens is 396 g/mol. The van der Waals surface area contributed by atoms with Crippen molar-refractivity contribution in [2.24, 2.45) is 0 Å². The summed E-state index contributed by atoms with van der Waals surface area (Å²) in [6, 6.07) is -1.60. The number of ether oxygens (including phenoxy) is 2. The first-order valence-electron chi connectivity index (χ1n) is 10.4. The highest BCUT2D eigenvalue weighted by atomic mass is 16.5. The molecule has 170 valence electrons. The van der Waals surface area contributed by atoms with Gasteiger partial charge in [0, 0.05) is 27.3 Å². The summed E-state index contributed by atoms with van der Waals surface area (Å²) in [6.07, 6.45) is 2.75. The Morgan fingerprint density at radius 1 is 0.800 bits per heavy atom. The number of carbonyl (C=O) groups excluding carboxylic acids is 2. The molecule has 2 aliphatic rings. The van der Waals surface area contributed by atoms with E-state index in [9.17, 15) is 29.4 Å². The summed E-state index contributed by atoms with van der Waals surface area (Å²) < 4.78 is 10.6. The van der Waals surface area contributed by atoms with Crippen LogP contribution in [0.3, 0.4) is 0 Å². The maximum atomic E-state index is 12.7. The van der Waals surface area contributed by atoms with Gasteiger partial charge in [-0.3, -0.25) is 9.59 Å². The van der Waals surface area contributed by atoms with E-state index in [0.717, 1.165) is 0 Å². The fraction of sp³-hybridized carbons (Fsp3) is 0.800. The van der Waals surface area contributed by atoms with Gasteiger partial charge in [-0.25, -0.2) is 9.59 Å². The number of carboxylic acid groups (broad SMARTS) is 2. The van der Waals surface area contributed by atoms with E-state index in [1.54, 1.807) is 0 Å². The largest absolute Gasteiger partial charge is 0.480 e. The summed E-state index contributed by atoms with van der Waals surface area (Å²) in [5.41, 5.74) is 0. The average molecular weight is 428 g/mol. The highest BCUT2D eigenvalue weighted by Crippen LogP contribution is 2.23. The molecule has 0 aromatic heterocycles. The minimum absolute atomic E-state index is 0.317. The number of rotatable bonds is 11. The molecule has 4 atom stereocenters. The first-order chi connectivity index (χ1) is 14.3. The number of carbonyl (C=O) groups is 4. The van der Waals surface area contributed by atoms with Crippen LogP contribution >= 0.6 is 0 Å². The van der Waals surface area contributed by atoms with E-state index < -0.39 is 36.2 Å². The lowest BCUT2D eigenvalue weighted by atomic mass is 10.1. The fourth-order valence-corrected chi connectivity index (χ4v) is 4.29. The molecular formula is C20H32N2O8. The molecule has 0 aromatic carbocycles. The Morgan fingerprint density at radius 3 is 1.47 bits per heavy atom. The molecule has 30 heavy (non-hydrogen) atoms. The zero-order valence-corrected chi connectivity index (χ0v) is 17.6. The molecule has 0 spiro atoms. The molecule has 2 N–H and O–H groups in total. The van der Waals surface area contributed by atoms with Crippen molar-refractivity contribution in [2.45, 2.75) is 75.7 Å². The third-order valence-corrected chi connectivity index (χ3v) is 5.94. The number of likely N-dealkylation sites (tertiary alicyclic amines) is 2. The Labute approximate surface area is 176 Å². The number of amides is 2. The van der Waals surface area contributed by atoms with Gasteiger partial charge >= 0.3 is 11.9 Å². The predicted molar refractivity (Wildman–Crippen MR) is 105 cm³/mol. The van der Waals surface area contributed by atoms with Gasteiger partial charge in [0.25, 0.3) is 11.8 Å². The molecule has 2 aliphatic heterocycles. The van der Waals surface area contributed by atoms with Gasteiger partial charge < -0.3 is 29.5 Å². The monoisotopic (exact) mass is 428 g/mol. The Morgan fingerprint density at radius 2 is 1.17 bits per heavy atom. The summed E-state index contributed by atoms with van der Waals surface area (Å²) in [4.78, 5) is 50.7. The molecule has 10 nitrogen and oxygen atoms in total. The van der Waals surface area contributed by atoms with Gasteiger partial charge in [-0.1, -0.05) is 12.8 Å². The van der Waals surface area contributed by atoms with Crippen LogP contribution in [0.2, 0.25) is 0 Å². The first-order valence-corrected chi connectivity index (χ1v) is 10.4. The molecule has 2 heterocycles. The molecule has 0 bridgehead atoms. The lowest BCUT2D eigenvalue weighted by molar-refractivity contribution is -0.153. The number of methoxy groups -OCH3 is 2. The summed E-state index contributed by atoms with van der Waals surface area (Å²) in [6.45, 7) is 0.826. The zero-order valence-electron chi connectivity index (χ0n) is 17.6. The molecule has 10 heteroatoms. The van der Waals surface area contributed by atoms with Crippen LogP contribution in [-0.2, 0) is 28.7 Å². The average Bonchev–Trinajstić information content (AvgIpc) is 3.39. The van der Waals surface area contributed by atoms with Crippen molar-refractivity contribution < 1.29 is 38.9 Å². The van der Waals surface area contributed by atoms with Crippen LogP contribution in [0.4, 0.5) is 0 Å². The molecule has 2 amide bonds. The number of unbranched alkanes of at least 4 members (excludes halogenated alkanes) is 1. The summed E-state index contributed by atoms with van der Waals surface area (Å²) in [5.74, 6) is -2.64. The van der Waals surface area contributed by atoms with Crippen LogP contribution in [0.25, 0.3) is 0 Å². The summed E-state index contributed by atoms with van der Waals surface area (Å²) >= 11 is 0. The van der Waals surface area contributed by atoms with E-state index >= 15 is 0 Å². The summed E-state index contributed by atoms with van der Waals surface area (Å²) in [5, 5.41) is 18.5. The van der Waals surface area contributed by atoms with Gasteiger partial charge in [-0.2, -0.15) is 0 Å². The number of carboxylic acids is 2. The van der Waals surface area contributed by atoms with Gasteiger partial charge in [-0.05, 0) is 38.5 Å². The Balaban J connectivity index is 1.82. The third kappa shape index (κ3) is 5.69. The maximum Gasteiger partial charge on any atom is 0.326 e. The standard InChI is InChI=1S/C20H32N2O8/c1-29-15(17(23)21-11-5-7-13(21)19(25)26)9-3-4-10-16(30-2)18(24)22-12-6-8-14(22)20(27)28/h13-16H,3-12H2,1-2H3,(H,25,26)(H,27,28)/t13-,14?,15?,16-/m1/s1. The minimum atomic E-state index is -1.00. The Bertz CT molecular complexity index is 586. The SMILES string of the molecule is COC(CCCC[C@@H](OC)C(=O)N1CCCC1C(=O)O)C(=O)N1CCC[C@@H]1C(=O)O. The van der Waals surface area contributed by atoms with Crippen LogP contribution < -0.4 is 0 Å². The van der Waals surface area contributed by atoms with Crippen molar-refractivity contribution in [3.8, 4) is 0 Å². The number of hydrogen-bond acceptors (Lipinski definition) is 6. The van der Waals surface area contributed by atoms with Gasteiger partial charge in [0.2, 0.25) is 0 Å². The van der Waals surface area contributed by atoms with E-state index in [1.807, 2.05) is 0 Å². The lowest BCUT2D eigenvalue weighted by Gasteiger charge is -2.27. The fourth-order valence-electron chi connectivity index (χ4n) is 4.29. The minimum Gasteiger partial charge on any atom is -0.480 e. The van der Waals surface area contributed by atoms with Crippen molar-refractivity contribution in [3.05, 3.63) is 0 Å². The summed E-state index contributed by atoms with van der Waals surface area (Å²) in [7, 11) is 2.85. The molecule has 2 unspecified atom stereocenters. The van der Waals surface area contributed by atoms with Crippen LogP contribution in [0, 0.1) is 0 Å². The van der Waals surface area contributed by atoms with Gasteiger partial charge in [-0.15, -0.1) is 0 Å². The maximum absolute atomic E-state index is 12.7. The van der Waals surface area contributed by atoms with Crippen LogP contribution in [-0.4, -0.2) is 95.4 Å². The van der Waals surface area contributed by atoms with Gasteiger partial charge in [0.1, 0.15) is 24.3 Å². The first kappa shape index (κ1) is 24.1. The lowest BCUT2D eigenvalue weighted by Crippen LogP contribution is -2.46. The normalized spacial score (nSPS) is 23.4. The molecule has 2 saturated heterocycles. The van der Waals surface area contributed by atoms with Gasteiger partial charge in [0.05, 0.1) is 0 Å². The number of nitrogens with zero attached hydrogens (tertiary/aromatic N) is 2. The molecule has 0 radical (unpaired) electrons. The van der Waals surface area contributed by atoms with Crippen LogP contribution in [0.15, 0.2) is 0 Å². The second kappa shape index (κ2) is 11.3. The van der Waals surface area contributed by atoms with E-state index in [-0.39, 0.29) is 11.8 Å². The van der Waals surface area contributed by atoms with Crippen molar-refractivity contribution in [1.82, 2.24) is 9.80 Å². The second-order valence-corrected chi connectivity index (χ2v) is 7.79. The molecule has 0 aliphatic carbocycles. The van der Waals surface area contributed by atoms with Crippen molar-refractivity contribution in [1.29, 1.82) is 0 Å². The quantitative estimate of drug-likeness (QED) is 0.460. The second-order valence-electron chi connectivity index (χ2n) is 7.79. The van der Waals surface area contributed by atoms with Crippen molar-refractivity contribution >= 4 is 23.8 Å². The molecule has 2 rings (SSSR count). The zero-order chi connectivity index (χ0) is 22.3. The van der Waals surface area contributed by atoms with E-state index in [0.29, 0.717) is 64.5 Å². The molecule has 0 saturated carbocycles. The third-order valence-electron chi connectivity index (χ3n) is 5.94. The van der Waals surface area contributed by atoms with E-state index in [4.69, 9.17) is 9.47 Å². The predicted octanol–water partition coefficient (Wildman–Crippen LogP) is 0.728. The highest BCUT2D eigenvalue weighted by molar-refractivity contribution is 5.87. The number of aliphatic carboxylic acids is 2. The Hall–Kier alpha value is -2.20. The van der Waals surface area contributed by atoms with Gasteiger partial charge in [0.15, 0.2) is 0 Å². The van der Waals surface area contributed by atoms with E-state index in [1.165, 1.54) is 24.0 Å². The topological polar surface area (TPSA) is 134 Å².